The summed E-state index contributed by atoms with van der Waals surface area (Å²) < 4.78 is 11.1. The van der Waals surface area contributed by atoms with Gasteiger partial charge in [0.25, 0.3) is 11.7 Å². The van der Waals surface area contributed by atoms with E-state index in [-0.39, 0.29) is 11.7 Å². The number of fused-ring (bicyclic) bond motifs is 1. The van der Waals surface area contributed by atoms with E-state index in [9.17, 15) is 9.59 Å². The van der Waals surface area contributed by atoms with Crippen LogP contribution in [-0.2, 0) is 9.53 Å². The molecular weight excluding hydrogens is 270 g/mol. The predicted molar refractivity (Wildman–Crippen MR) is 77.9 cm³/mol. The van der Waals surface area contributed by atoms with Crippen LogP contribution in [0.4, 0.5) is 5.69 Å². The molecule has 1 fully saturated rings. The van der Waals surface area contributed by atoms with Crippen molar-refractivity contribution >= 4 is 17.4 Å². The van der Waals surface area contributed by atoms with Crippen molar-refractivity contribution in [2.24, 2.45) is 0 Å². The maximum absolute atomic E-state index is 12.2. The number of ketones is 1. The van der Waals surface area contributed by atoms with Crippen LogP contribution >= 0.6 is 0 Å². The van der Waals surface area contributed by atoms with Gasteiger partial charge in [-0.25, -0.2) is 0 Å². The molecule has 1 aromatic carbocycles. The number of carbonyl (C=O) groups is 2. The number of nitrogens with zero attached hydrogens (tertiary/aromatic N) is 1. The summed E-state index contributed by atoms with van der Waals surface area (Å²) in [5, 5.41) is 0. The Hall–Kier alpha value is -1.88. The van der Waals surface area contributed by atoms with Crippen LogP contribution in [0.15, 0.2) is 18.2 Å². The molecule has 2 aliphatic rings. The van der Waals surface area contributed by atoms with Crippen LogP contribution in [0.25, 0.3) is 0 Å². The molecular formula is C16H19NO4. The van der Waals surface area contributed by atoms with E-state index in [1.807, 2.05) is 13.8 Å². The molecule has 0 spiro atoms. The van der Waals surface area contributed by atoms with Crippen molar-refractivity contribution in [1.29, 1.82) is 0 Å². The third-order valence-electron chi connectivity index (χ3n) is 4.12. The summed E-state index contributed by atoms with van der Waals surface area (Å²) in [6, 6.07) is 5.08. The number of carbonyl (C=O) groups excluding carboxylic acids is 2. The highest BCUT2D eigenvalue weighted by molar-refractivity contribution is 6.52. The lowest BCUT2D eigenvalue weighted by molar-refractivity contribution is -0.114. The van der Waals surface area contributed by atoms with Crippen LogP contribution in [0.2, 0.25) is 0 Å². The fourth-order valence-electron chi connectivity index (χ4n) is 2.99. The molecule has 0 aromatic heterocycles. The van der Waals surface area contributed by atoms with Gasteiger partial charge in [-0.1, -0.05) is 0 Å². The molecule has 1 aromatic rings. The van der Waals surface area contributed by atoms with Gasteiger partial charge in [0.2, 0.25) is 0 Å². The summed E-state index contributed by atoms with van der Waals surface area (Å²) in [7, 11) is 1.56. The van der Waals surface area contributed by atoms with Crippen LogP contribution < -0.4 is 9.64 Å². The topological polar surface area (TPSA) is 55.8 Å². The molecule has 1 saturated heterocycles. The number of methoxy groups -OCH3 is 1. The second-order valence-electron chi connectivity index (χ2n) is 6.17. The minimum atomic E-state index is -0.480. The maximum atomic E-state index is 12.2. The molecule has 1 atom stereocenters. The molecule has 0 radical (unpaired) electrons. The Morgan fingerprint density at radius 1 is 1.38 bits per heavy atom. The number of anilines is 1. The second kappa shape index (κ2) is 4.84. The van der Waals surface area contributed by atoms with Gasteiger partial charge in [0.15, 0.2) is 0 Å². The quantitative estimate of drug-likeness (QED) is 0.800. The Morgan fingerprint density at radius 2 is 2.14 bits per heavy atom. The third kappa shape index (κ3) is 2.42. The first-order chi connectivity index (χ1) is 9.91. The highest BCUT2D eigenvalue weighted by Gasteiger charge is 2.40. The Balaban J connectivity index is 1.87. The standard InChI is InChI=1S/C16H19NO4/c1-16(2)7-6-11(21-16)9-17-13-8-10(20-3)4-5-12(13)14(18)15(17)19/h4-5,8,11H,6-7,9H2,1-3H3. The van der Waals surface area contributed by atoms with E-state index in [0.29, 0.717) is 23.5 Å². The molecule has 1 unspecified atom stereocenters. The number of Topliss-reactive ketones (excluding diaryl/α,β-unsaturated/α-hetero) is 1. The largest absolute Gasteiger partial charge is 0.497 e. The fourth-order valence-corrected chi connectivity index (χ4v) is 2.99. The number of hydrogen-bond donors (Lipinski definition) is 0. The van der Waals surface area contributed by atoms with E-state index in [1.165, 1.54) is 4.90 Å². The number of rotatable bonds is 3. The molecule has 0 aliphatic carbocycles. The second-order valence-corrected chi connectivity index (χ2v) is 6.17. The number of benzene rings is 1. The van der Waals surface area contributed by atoms with E-state index in [4.69, 9.17) is 9.47 Å². The summed E-state index contributed by atoms with van der Waals surface area (Å²) >= 11 is 0. The molecule has 112 valence electrons. The first-order valence-electron chi connectivity index (χ1n) is 7.13. The summed E-state index contributed by atoms with van der Waals surface area (Å²) in [5.41, 5.74) is 0.907. The van der Waals surface area contributed by atoms with Crippen LogP contribution in [0.3, 0.4) is 0 Å². The number of ether oxygens (including phenoxy) is 2. The normalized spacial score (nSPS) is 23.6. The van der Waals surface area contributed by atoms with Gasteiger partial charge in [-0.3, -0.25) is 9.59 Å². The molecule has 2 heterocycles. The minimum absolute atomic E-state index is 0.0334. The zero-order valence-corrected chi connectivity index (χ0v) is 12.5. The Labute approximate surface area is 123 Å². The molecule has 2 aliphatic heterocycles. The van der Waals surface area contributed by atoms with Crippen molar-refractivity contribution in [3.8, 4) is 5.75 Å². The SMILES string of the molecule is COc1ccc2c(c1)N(CC1CCC(C)(C)O1)C(=O)C2=O. The molecule has 3 rings (SSSR count). The fraction of sp³-hybridized carbons (Fsp3) is 0.500. The molecule has 5 nitrogen and oxygen atoms in total. The van der Waals surface area contributed by atoms with Crippen molar-refractivity contribution in [3.63, 3.8) is 0 Å². The maximum Gasteiger partial charge on any atom is 0.299 e. The molecule has 1 amide bonds. The van der Waals surface area contributed by atoms with Gasteiger partial charge < -0.3 is 14.4 Å². The summed E-state index contributed by atoms with van der Waals surface area (Å²) in [4.78, 5) is 25.7. The zero-order chi connectivity index (χ0) is 15.2. The van der Waals surface area contributed by atoms with E-state index in [0.717, 1.165) is 12.8 Å². The van der Waals surface area contributed by atoms with Crippen LogP contribution in [-0.4, -0.2) is 37.0 Å². The van der Waals surface area contributed by atoms with Gasteiger partial charge in [0.1, 0.15) is 5.75 Å². The summed E-state index contributed by atoms with van der Waals surface area (Å²) in [5.74, 6) is -0.301. The lowest BCUT2D eigenvalue weighted by Crippen LogP contribution is -2.37. The average Bonchev–Trinajstić information content (AvgIpc) is 2.91. The third-order valence-corrected chi connectivity index (χ3v) is 4.12. The summed E-state index contributed by atoms with van der Waals surface area (Å²) in [6.45, 7) is 4.50. The van der Waals surface area contributed by atoms with E-state index >= 15 is 0 Å². The van der Waals surface area contributed by atoms with Crippen LogP contribution in [0.5, 0.6) is 5.75 Å². The predicted octanol–water partition coefficient (Wildman–Crippen LogP) is 2.18. The Kier molecular flexibility index (Phi) is 3.24. The number of amides is 1. The molecule has 0 bridgehead atoms. The van der Waals surface area contributed by atoms with Crippen molar-refractivity contribution < 1.29 is 19.1 Å². The molecule has 5 heteroatoms. The smallest absolute Gasteiger partial charge is 0.299 e. The highest BCUT2D eigenvalue weighted by atomic mass is 16.5. The first-order valence-corrected chi connectivity index (χ1v) is 7.13. The van der Waals surface area contributed by atoms with Gasteiger partial charge >= 0.3 is 0 Å². The Bertz CT molecular complexity index is 608. The van der Waals surface area contributed by atoms with Crippen molar-refractivity contribution in [3.05, 3.63) is 23.8 Å². The Morgan fingerprint density at radius 3 is 2.76 bits per heavy atom. The van der Waals surface area contributed by atoms with Gasteiger partial charge in [0, 0.05) is 6.07 Å². The number of hydrogen-bond acceptors (Lipinski definition) is 4. The highest BCUT2D eigenvalue weighted by Crippen LogP contribution is 2.35. The van der Waals surface area contributed by atoms with E-state index < -0.39 is 11.7 Å². The molecule has 0 saturated carbocycles. The lowest BCUT2D eigenvalue weighted by Gasteiger charge is -2.23. The lowest BCUT2D eigenvalue weighted by atomic mass is 10.1. The first kappa shape index (κ1) is 14.1. The molecule has 0 N–H and O–H groups in total. The van der Waals surface area contributed by atoms with Crippen molar-refractivity contribution in [2.75, 3.05) is 18.6 Å². The summed E-state index contributed by atoms with van der Waals surface area (Å²) in [6.07, 6.45) is 1.82. The van der Waals surface area contributed by atoms with Crippen molar-refractivity contribution in [1.82, 2.24) is 0 Å². The monoisotopic (exact) mass is 289 g/mol. The average molecular weight is 289 g/mol. The van der Waals surface area contributed by atoms with Gasteiger partial charge in [-0.2, -0.15) is 0 Å². The van der Waals surface area contributed by atoms with Gasteiger partial charge in [0.05, 0.1) is 36.6 Å². The van der Waals surface area contributed by atoms with E-state index in [1.54, 1.807) is 25.3 Å². The van der Waals surface area contributed by atoms with Gasteiger partial charge in [-0.05, 0) is 38.8 Å². The molecule has 21 heavy (non-hydrogen) atoms. The van der Waals surface area contributed by atoms with Crippen molar-refractivity contribution in [2.45, 2.75) is 38.4 Å². The van der Waals surface area contributed by atoms with Crippen LogP contribution in [0.1, 0.15) is 37.0 Å². The van der Waals surface area contributed by atoms with Gasteiger partial charge in [-0.15, -0.1) is 0 Å². The minimum Gasteiger partial charge on any atom is -0.497 e. The van der Waals surface area contributed by atoms with E-state index in [2.05, 4.69) is 0 Å². The zero-order valence-electron chi connectivity index (χ0n) is 12.5. The van der Waals surface area contributed by atoms with Crippen LogP contribution in [0, 0.1) is 0 Å².